The Morgan fingerprint density at radius 1 is 0.774 bits per heavy atom. The highest BCUT2D eigenvalue weighted by molar-refractivity contribution is 7.53. The van der Waals surface area contributed by atoms with Gasteiger partial charge in [-0.1, -0.05) is 13.2 Å². The zero-order valence-electron chi connectivity index (χ0n) is 17.5. The largest absolute Gasteiger partial charge is 0.463 e. The predicted molar refractivity (Wildman–Crippen MR) is 109 cm³/mol. The van der Waals surface area contributed by atoms with Crippen LogP contribution < -0.4 is 0 Å². The third-order valence-electron chi connectivity index (χ3n) is 3.58. The van der Waals surface area contributed by atoms with Gasteiger partial charge in [-0.2, -0.15) is 0 Å². The summed E-state index contributed by atoms with van der Waals surface area (Å²) in [6.07, 6.45) is -1.97. The van der Waals surface area contributed by atoms with Crippen LogP contribution in [0.4, 0.5) is 0 Å². The number of rotatable bonds is 16. The minimum absolute atomic E-state index is 0.0936. The van der Waals surface area contributed by atoms with Gasteiger partial charge in [-0.05, 0) is 13.8 Å². The molecule has 31 heavy (non-hydrogen) atoms. The first-order valence-electron chi connectivity index (χ1n) is 9.09. The Bertz CT molecular complexity index is 673. The van der Waals surface area contributed by atoms with E-state index < -0.39 is 71.3 Å². The summed E-state index contributed by atoms with van der Waals surface area (Å²) in [6, 6.07) is 0. The lowest BCUT2D eigenvalue weighted by atomic mass is 9.95. The molecule has 0 saturated carbocycles. The van der Waals surface area contributed by atoms with Crippen molar-refractivity contribution in [3.63, 3.8) is 0 Å². The summed E-state index contributed by atoms with van der Waals surface area (Å²) < 4.78 is 43.4. The Labute approximate surface area is 180 Å². The third kappa shape index (κ3) is 13.6. The summed E-state index contributed by atoms with van der Waals surface area (Å²) in [6.45, 7) is 8.29. The van der Waals surface area contributed by atoms with E-state index in [1.807, 2.05) is 0 Å². The number of hydrogen-bond donors (Lipinski definition) is 4. The van der Waals surface area contributed by atoms with Crippen molar-refractivity contribution >= 4 is 27.1 Å². The number of esters is 2. The van der Waals surface area contributed by atoms with Gasteiger partial charge in [0.2, 0.25) is 0 Å². The molecule has 0 heterocycles. The Morgan fingerprint density at radius 2 is 1.10 bits per heavy atom. The molecule has 0 aliphatic heterocycles. The van der Waals surface area contributed by atoms with Crippen LogP contribution in [0.5, 0.6) is 0 Å². The van der Waals surface area contributed by atoms with Crippen molar-refractivity contribution in [1.29, 1.82) is 0 Å². The van der Waals surface area contributed by atoms with E-state index in [9.17, 15) is 38.3 Å². The molecule has 0 atom stereocenters. The molecule has 0 aliphatic rings. The minimum atomic E-state index is -4.79. The Balaban J connectivity index is 5.43. The standard InChI is InChI=1S/C17H30O12P2/c1-5-28-15(18)13(3)7-26-9-17(11-30(20,21)22,12-31(23,24)25)10-27-8-14(4)16(19)29-6-2/h3-12H2,1-2H3,(H2,20,21,22)(H2,23,24,25). The number of ether oxygens (including phenoxy) is 4. The van der Waals surface area contributed by atoms with Gasteiger partial charge in [0.1, 0.15) is 0 Å². The summed E-state index contributed by atoms with van der Waals surface area (Å²) in [5.74, 6) is -1.50. The molecule has 0 aromatic heterocycles. The SMILES string of the molecule is C=C(COCC(COCC(=C)C(=O)OCC)(CP(=O)(O)O)CP(=O)(O)O)C(=O)OCC. The van der Waals surface area contributed by atoms with Crippen molar-refractivity contribution < 1.29 is 57.2 Å². The fourth-order valence-corrected chi connectivity index (χ4v) is 5.03. The van der Waals surface area contributed by atoms with Gasteiger partial charge in [-0.25, -0.2) is 9.59 Å². The average Bonchev–Trinajstić information content (AvgIpc) is 2.58. The molecule has 0 aromatic rings. The highest BCUT2D eigenvalue weighted by Gasteiger charge is 2.43. The fourth-order valence-electron chi connectivity index (χ4n) is 2.51. The molecule has 0 bridgehead atoms. The number of carbonyl (C=O) groups excluding carboxylic acids is 2. The summed E-state index contributed by atoms with van der Waals surface area (Å²) in [5, 5.41) is 0. The molecule has 180 valence electrons. The topological polar surface area (TPSA) is 186 Å². The van der Waals surface area contributed by atoms with Gasteiger partial charge in [0.15, 0.2) is 0 Å². The zero-order chi connectivity index (χ0) is 24.3. The lowest BCUT2D eigenvalue weighted by Gasteiger charge is -2.33. The highest BCUT2D eigenvalue weighted by Crippen LogP contribution is 2.49. The van der Waals surface area contributed by atoms with E-state index in [1.54, 1.807) is 13.8 Å². The maximum Gasteiger partial charge on any atom is 0.335 e. The first kappa shape index (κ1) is 29.6. The van der Waals surface area contributed by atoms with Crippen LogP contribution in [-0.2, 0) is 37.7 Å². The van der Waals surface area contributed by atoms with Gasteiger partial charge >= 0.3 is 27.1 Å². The van der Waals surface area contributed by atoms with Crippen molar-refractivity contribution in [2.75, 3.05) is 52.0 Å². The molecule has 0 aliphatic carbocycles. The normalized spacial score (nSPS) is 12.3. The van der Waals surface area contributed by atoms with E-state index in [0.29, 0.717) is 0 Å². The van der Waals surface area contributed by atoms with Crippen LogP contribution in [0.2, 0.25) is 0 Å². The van der Waals surface area contributed by atoms with Gasteiger partial charge in [0.05, 0.1) is 63.1 Å². The van der Waals surface area contributed by atoms with Gasteiger partial charge in [-0.15, -0.1) is 0 Å². The molecule has 0 saturated heterocycles. The van der Waals surface area contributed by atoms with E-state index in [1.165, 1.54) is 0 Å². The van der Waals surface area contributed by atoms with Crippen molar-refractivity contribution in [2.45, 2.75) is 13.8 Å². The van der Waals surface area contributed by atoms with E-state index >= 15 is 0 Å². The molecule has 0 radical (unpaired) electrons. The van der Waals surface area contributed by atoms with Crippen LogP contribution >= 0.6 is 15.2 Å². The van der Waals surface area contributed by atoms with Crippen LogP contribution in [0, 0.1) is 5.41 Å². The predicted octanol–water partition coefficient (Wildman–Crippen LogP) is 0.600. The van der Waals surface area contributed by atoms with E-state index in [4.69, 9.17) is 18.9 Å². The van der Waals surface area contributed by atoms with Crippen molar-refractivity contribution in [1.82, 2.24) is 0 Å². The second-order valence-corrected chi connectivity index (χ2v) is 10.1. The van der Waals surface area contributed by atoms with E-state index in [2.05, 4.69) is 13.2 Å². The first-order chi connectivity index (χ1) is 14.1. The lowest BCUT2D eigenvalue weighted by Crippen LogP contribution is -2.40. The summed E-state index contributed by atoms with van der Waals surface area (Å²) in [7, 11) is -9.58. The highest BCUT2D eigenvalue weighted by atomic mass is 31.2. The second kappa shape index (κ2) is 13.2. The van der Waals surface area contributed by atoms with E-state index in [0.717, 1.165) is 0 Å². The van der Waals surface area contributed by atoms with Crippen LogP contribution in [0.3, 0.4) is 0 Å². The molecule has 14 heteroatoms. The summed E-state index contributed by atoms with van der Waals surface area (Å²) in [5.41, 5.74) is -2.04. The molecule has 0 spiro atoms. The molecule has 0 fully saturated rings. The number of hydrogen-bond acceptors (Lipinski definition) is 8. The lowest BCUT2D eigenvalue weighted by molar-refractivity contribution is -0.140. The molecule has 0 aromatic carbocycles. The summed E-state index contributed by atoms with van der Waals surface area (Å²) >= 11 is 0. The van der Waals surface area contributed by atoms with Gasteiger partial charge in [0, 0.05) is 5.41 Å². The molecule has 4 N–H and O–H groups in total. The van der Waals surface area contributed by atoms with Crippen LogP contribution in [0.15, 0.2) is 24.3 Å². The van der Waals surface area contributed by atoms with Crippen LogP contribution in [-0.4, -0.2) is 83.5 Å². The van der Waals surface area contributed by atoms with Gasteiger partial charge in [0.25, 0.3) is 0 Å². The quantitative estimate of drug-likeness (QED) is 0.135. The smallest absolute Gasteiger partial charge is 0.335 e. The van der Waals surface area contributed by atoms with Crippen LogP contribution in [0.25, 0.3) is 0 Å². The van der Waals surface area contributed by atoms with E-state index in [-0.39, 0.29) is 24.4 Å². The van der Waals surface area contributed by atoms with Crippen LogP contribution in [0.1, 0.15) is 13.8 Å². The molecular formula is C17H30O12P2. The maximum absolute atomic E-state index is 11.7. The fraction of sp³-hybridized carbons (Fsp3) is 0.647. The van der Waals surface area contributed by atoms with Gasteiger partial charge < -0.3 is 38.5 Å². The second-order valence-electron chi connectivity index (χ2n) is 6.78. The minimum Gasteiger partial charge on any atom is -0.463 e. The zero-order valence-corrected chi connectivity index (χ0v) is 19.3. The van der Waals surface area contributed by atoms with Gasteiger partial charge in [-0.3, -0.25) is 9.13 Å². The monoisotopic (exact) mass is 488 g/mol. The Hall–Kier alpha value is -1.36. The third-order valence-corrected chi connectivity index (χ3v) is 5.75. The number of carbonyl (C=O) groups is 2. The first-order valence-corrected chi connectivity index (χ1v) is 12.7. The molecule has 0 rings (SSSR count). The maximum atomic E-state index is 11.7. The summed E-state index contributed by atoms with van der Waals surface area (Å²) in [4.78, 5) is 61.0. The van der Waals surface area contributed by atoms with Crippen molar-refractivity contribution in [3.8, 4) is 0 Å². The molecular weight excluding hydrogens is 458 g/mol. The molecule has 0 amide bonds. The Morgan fingerprint density at radius 3 is 1.35 bits per heavy atom. The molecule has 0 unspecified atom stereocenters. The van der Waals surface area contributed by atoms with Crippen molar-refractivity contribution in [3.05, 3.63) is 24.3 Å². The average molecular weight is 488 g/mol. The Kier molecular flexibility index (Phi) is 12.7. The molecule has 12 nitrogen and oxygen atoms in total. The van der Waals surface area contributed by atoms with Crippen molar-refractivity contribution in [2.24, 2.45) is 5.41 Å².